The summed E-state index contributed by atoms with van der Waals surface area (Å²) in [4.78, 5) is 12.3. The van der Waals surface area contributed by atoms with Crippen molar-refractivity contribution in [2.75, 3.05) is 43.7 Å². The Balaban J connectivity index is 1.55. The highest BCUT2D eigenvalue weighted by Crippen LogP contribution is 2.29. The molecule has 3 aromatic rings. The molecular formula is C20H23N7O5S. The highest BCUT2D eigenvalue weighted by molar-refractivity contribution is 7.99. The molecule has 0 aliphatic heterocycles. The quantitative estimate of drug-likeness (QED) is 0.148. The molecular weight excluding hydrogens is 450 g/mol. The average molecular weight is 474 g/mol. The zero-order chi connectivity index (χ0) is 23.8. The van der Waals surface area contributed by atoms with Crippen LogP contribution >= 0.6 is 11.8 Å². The first kappa shape index (κ1) is 23.5. The maximum absolute atomic E-state index is 12.3. The van der Waals surface area contributed by atoms with Crippen LogP contribution in [0.25, 0.3) is 0 Å². The summed E-state index contributed by atoms with van der Waals surface area (Å²) in [5, 5.41) is 24.8. The third kappa shape index (κ3) is 5.98. The van der Waals surface area contributed by atoms with Gasteiger partial charge in [0.15, 0.2) is 11.5 Å². The zero-order valence-electron chi connectivity index (χ0n) is 18.1. The number of rotatable bonds is 10. The number of anilines is 2. The van der Waals surface area contributed by atoms with Crippen molar-refractivity contribution in [1.82, 2.24) is 14.9 Å². The number of nitrogens with two attached hydrogens (primary N) is 1. The van der Waals surface area contributed by atoms with E-state index >= 15 is 0 Å². The minimum absolute atomic E-state index is 0.00679. The number of aromatic hydroxyl groups is 1. The third-order valence-corrected chi connectivity index (χ3v) is 5.20. The van der Waals surface area contributed by atoms with Crippen LogP contribution in [0, 0.1) is 0 Å². The predicted octanol–water partition coefficient (Wildman–Crippen LogP) is 1.90. The van der Waals surface area contributed by atoms with Gasteiger partial charge in [-0.3, -0.25) is 4.79 Å². The van der Waals surface area contributed by atoms with Crippen LogP contribution in [0.3, 0.4) is 0 Å². The zero-order valence-corrected chi connectivity index (χ0v) is 18.9. The van der Waals surface area contributed by atoms with Crippen LogP contribution in [0.1, 0.15) is 5.56 Å². The molecule has 0 aliphatic rings. The van der Waals surface area contributed by atoms with E-state index in [0.29, 0.717) is 33.7 Å². The van der Waals surface area contributed by atoms with Crippen molar-refractivity contribution >= 4 is 35.5 Å². The minimum atomic E-state index is -0.279. The van der Waals surface area contributed by atoms with Gasteiger partial charge in [-0.05, 0) is 35.9 Å². The Morgan fingerprint density at radius 1 is 1.15 bits per heavy atom. The fourth-order valence-electron chi connectivity index (χ4n) is 2.62. The number of carbonyl (C=O) groups is 1. The maximum Gasteiger partial charge on any atom is 0.264 e. The van der Waals surface area contributed by atoms with Crippen molar-refractivity contribution < 1.29 is 24.1 Å². The number of benzene rings is 2. The molecule has 0 saturated heterocycles. The van der Waals surface area contributed by atoms with Gasteiger partial charge in [-0.25, -0.2) is 10.1 Å². The summed E-state index contributed by atoms with van der Waals surface area (Å²) in [6.45, 7) is 0. The van der Waals surface area contributed by atoms with E-state index in [9.17, 15) is 9.90 Å². The number of methoxy groups -OCH3 is 3. The van der Waals surface area contributed by atoms with Gasteiger partial charge in [-0.15, -0.1) is 10.2 Å². The topological polar surface area (TPSA) is 158 Å². The van der Waals surface area contributed by atoms with Gasteiger partial charge in [0.25, 0.3) is 5.95 Å². The lowest BCUT2D eigenvalue weighted by Crippen LogP contribution is -2.17. The molecule has 0 bridgehead atoms. The van der Waals surface area contributed by atoms with Gasteiger partial charge in [0.1, 0.15) is 11.5 Å². The van der Waals surface area contributed by atoms with Crippen molar-refractivity contribution in [2.45, 2.75) is 5.16 Å². The summed E-state index contributed by atoms with van der Waals surface area (Å²) in [6.07, 6.45) is 1.47. The first-order chi connectivity index (χ1) is 15.9. The van der Waals surface area contributed by atoms with Gasteiger partial charge in [0.2, 0.25) is 11.1 Å². The second kappa shape index (κ2) is 10.9. The Kier molecular flexibility index (Phi) is 7.81. The molecule has 5 N–H and O–H groups in total. The maximum atomic E-state index is 12.3. The summed E-state index contributed by atoms with van der Waals surface area (Å²) in [7, 11) is 4.52. The number of carbonyl (C=O) groups excluding carboxylic acids is 1. The van der Waals surface area contributed by atoms with Gasteiger partial charge >= 0.3 is 0 Å². The number of ether oxygens (including phenoxy) is 3. The van der Waals surface area contributed by atoms with E-state index in [4.69, 9.17) is 20.1 Å². The Hall–Kier alpha value is -4.13. The van der Waals surface area contributed by atoms with Crippen LogP contribution < -0.4 is 30.8 Å². The van der Waals surface area contributed by atoms with Crippen LogP contribution in [0.5, 0.6) is 23.0 Å². The number of nitrogens with one attached hydrogen (secondary N) is 2. The number of hydrogen-bond donors (Lipinski definition) is 4. The number of phenolic OH excluding ortho intramolecular Hbond substituents is 1. The van der Waals surface area contributed by atoms with E-state index in [0.717, 1.165) is 11.8 Å². The largest absolute Gasteiger partial charge is 0.504 e. The fourth-order valence-corrected chi connectivity index (χ4v) is 3.28. The lowest BCUT2D eigenvalue weighted by atomic mass is 10.2. The Labute approximate surface area is 193 Å². The van der Waals surface area contributed by atoms with E-state index in [1.54, 1.807) is 37.4 Å². The number of nitrogens with zero attached hydrogens (tertiary/aromatic N) is 4. The minimum Gasteiger partial charge on any atom is -0.504 e. The van der Waals surface area contributed by atoms with Crippen molar-refractivity contribution in [3.8, 4) is 23.0 Å². The number of phenols is 1. The molecule has 0 aliphatic carbocycles. The molecule has 1 heterocycles. The van der Waals surface area contributed by atoms with Crippen LogP contribution in [-0.4, -0.2) is 59.2 Å². The predicted molar refractivity (Wildman–Crippen MR) is 125 cm³/mol. The first-order valence-electron chi connectivity index (χ1n) is 9.46. The standard InChI is InChI=1S/C20H23N7O5S/c1-30-13-5-6-14(17(9-13)32-3)23-18(29)11-33-20-26-25-19(27(20)21)24-22-10-12-4-7-16(31-2)15(28)8-12/h4-10,28H,11,21H2,1-3H3,(H,23,29)(H,24,25)/b22-10+. The van der Waals surface area contributed by atoms with Gasteiger partial charge in [0, 0.05) is 6.07 Å². The van der Waals surface area contributed by atoms with E-state index in [2.05, 4.69) is 26.0 Å². The summed E-state index contributed by atoms with van der Waals surface area (Å²) in [5.41, 5.74) is 3.80. The smallest absolute Gasteiger partial charge is 0.264 e. The Morgan fingerprint density at radius 2 is 1.94 bits per heavy atom. The molecule has 1 aromatic heterocycles. The Morgan fingerprint density at radius 3 is 2.64 bits per heavy atom. The van der Waals surface area contributed by atoms with Crippen molar-refractivity contribution in [2.24, 2.45) is 5.10 Å². The number of thioether (sulfide) groups is 1. The summed E-state index contributed by atoms with van der Waals surface area (Å²) in [5.74, 6) is 7.35. The van der Waals surface area contributed by atoms with Crippen molar-refractivity contribution in [1.29, 1.82) is 0 Å². The molecule has 12 nitrogen and oxygen atoms in total. The fraction of sp³-hybridized carbons (Fsp3) is 0.200. The molecule has 0 spiro atoms. The number of hydrogen-bond acceptors (Lipinski definition) is 11. The molecule has 0 radical (unpaired) electrons. The lowest BCUT2D eigenvalue weighted by molar-refractivity contribution is -0.113. The molecule has 0 saturated carbocycles. The van der Waals surface area contributed by atoms with Gasteiger partial charge < -0.3 is 30.5 Å². The van der Waals surface area contributed by atoms with Gasteiger partial charge in [-0.2, -0.15) is 5.10 Å². The molecule has 1 amide bonds. The molecule has 2 aromatic carbocycles. The third-order valence-electron chi connectivity index (χ3n) is 4.26. The highest BCUT2D eigenvalue weighted by Gasteiger charge is 2.14. The lowest BCUT2D eigenvalue weighted by Gasteiger charge is -2.11. The van der Waals surface area contributed by atoms with Crippen molar-refractivity contribution in [3.63, 3.8) is 0 Å². The van der Waals surface area contributed by atoms with Gasteiger partial charge in [-0.1, -0.05) is 11.8 Å². The molecule has 0 atom stereocenters. The second-order valence-corrected chi connectivity index (χ2v) is 7.32. The molecule has 174 valence electrons. The normalized spacial score (nSPS) is 10.8. The SMILES string of the molecule is COc1ccc(NC(=O)CSc2nnc(N/N=C/c3ccc(OC)c(O)c3)n2N)c(OC)c1. The molecule has 0 fully saturated rings. The number of amides is 1. The van der Waals surface area contributed by atoms with Crippen LogP contribution in [0.4, 0.5) is 11.6 Å². The summed E-state index contributed by atoms with van der Waals surface area (Å²) < 4.78 is 16.6. The summed E-state index contributed by atoms with van der Waals surface area (Å²) in [6, 6.07) is 9.90. The van der Waals surface area contributed by atoms with E-state index in [1.807, 2.05) is 0 Å². The van der Waals surface area contributed by atoms with Crippen molar-refractivity contribution in [3.05, 3.63) is 42.0 Å². The molecule has 3 rings (SSSR count). The monoisotopic (exact) mass is 473 g/mol. The number of nitrogen functional groups attached to an aromatic ring is 1. The van der Waals surface area contributed by atoms with E-state index in [-0.39, 0.29) is 23.4 Å². The average Bonchev–Trinajstić information content (AvgIpc) is 3.17. The molecule has 0 unspecified atom stereocenters. The number of aromatic nitrogens is 3. The van der Waals surface area contributed by atoms with Crippen LogP contribution in [-0.2, 0) is 4.79 Å². The summed E-state index contributed by atoms with van der Waals surface area (Å²) >= 11 is 1.10. The van der Waals surface area contributed by atoms with E-state index < -0.39 is 0 Å². The number of hydrazone groups is 1. The van der Waals surface area contributed by atoms with Crippen LogP contribution in [0.2, 0.25) is 0 Å². The first-order valence-corrected chi connectivity index (χ1v) is 10.4. The molecule has 13 heteroatoms. The van der Waals surface area contributed by atoms with Crippen LogP contribution in [0.15, 0.2) is 46.7 Å². The second-order valence-electron chi connectivity index (χ2n) is 6.38. The highest BCUT2D eigenvalue weighted by atomic mass is 32.2. The van der Waals surface area contributed by atoms with Gasteiger partial charge in [0.05, 0.1) is 39.0 Å². The molecule has 33 heavy (non-hydrogen) atoms. The Bertz CT molecular complexity index is 1150. The van der Waals surface area contributed by atoms with E-state index in [1.165, 1.54) is 31.2 Å².